The average molecular weight is 155 g/mol. The molecule has 1 N–H and O–H groups in total. The molecule has 0 amide bonds. The second-order valence-electron chi connectivity index (χ2n) is 2.66. The van der Waals surface area contributed by atoms with Gasteiger partial charge in [-0.15, -0.1) is 6.58 Å². The van der Waals surface area contributed by atoms with Gasteiger partial charge in [-0.25, -0.2) is 0 Å². The Morgan fingerprint density at radius 3 is 2.91 bits per heavy atom. The van der Waals surface area contributed by atoms with Crippen molar-refractivity contribution in [3.05, 3.63) is 12.7 Å². The minimum Gasteiger partial charge on any atom is -0.468 e. The summed E-state index contributed by atoms with van der Waals surface area (Å²) in [5, 5.41) is 3.10. The van der Waals surface area contributed by atoms with Gasteiger partial charge < -0.3 is 4.74 Å². The topological polar surface area (TPSA) is 38.3 Å². The fourth-order valence-electron chi connectivity index (χ4n) is 1.29. The summed E-state index contributed by atoms with van der Waals surface area (Å²) in [6, 6.07) is 0.155. The van der Waals surface area contributed by atoms with E-state index < -0.39 is 0 Å². The van der Waals surface area contributed by atoms with Crippen molar-refractivity contribution in [1.82, 2.24) is 5.32 Å². The van der Waals surface area contributed by atoms with Crippen molar-refractivity contribution in [2.75, 3.05) is 7.11 Å². The summed E-state index contributed by atoms with van der Waals surface area (Å²) in [6.07, 6.45) is 3.65. The molecule has 0 bridgehead atoms. The first-order valence-corrected chi connectivity index (χ1v) is 3.74. The van der Waals surface area contributed by atoms with Crippen LogP contribution >= 0.6 is 0 Å². The Bertz CT molecular complexity index is 167. The third-order valence-electron chi connectivity index (χ3n) is 1.95. The maximum absolute atomic E-state index is 11.0. The van der Waals surface area contributed by atoms with Gasteiger partial charge in [0, 0.05) is 6.04 Å². The lowest BCUT2D eigenvalue weighted by molar-refractivity contribution is -0.142. The predicted octanol–water partition coefficient (Wildman–Crippen LogP) is 0.466. The maximum atomic E-state index is 11.0. The van der Waals surface area contributed by atoms with E-state index in [2.05, 4.69) is 16.6 Å². The Morgan fingerprint density at radius 1 is 1.73 bits per heavy atom. The Kier molecular flexibility index (Phi) is 2.65. The molecule has 1 aliphatic heterocycles. The molecule has 62 valence electrons. The number of hydrogen-bond acceptors (Lipinski definition) is 3. The van der Waals surface area contributed by atoms with Crippen molar-refractivity contribution >= 4 is 5.97 Å². The minimum absolute atomic E-state index is 0.122. The Morgan fingerprint density at radius 2 is 2.45 bits per heavy atom. The lowest BCUT2D eigenvalue weighted by Gasteiger charge is -2.08. The molecule has 0 radical (unpaired) electrons. The van der Waals surface area contributed by atoms with E-state index in [1.807, 2.05) is 6.08 Å². The van der Waals surface area contributed by atoms with Gasteiger partial charge in [-0.05, 0) is 12.8 Å². The molecule has 0 aromatic rings. The van der Waals surface area contributed by atoms with Crippen molar-refractivity contribution < 1.29 is 9.53 Å². The molecular weight excluding hydrogens is 142 g/mol. The molecule has 0 aliphatic carbocycles. The highest BCUT2D eigenvalue weighted by Gasteiger charge is 2.27. The van der Waals surface area contributed by atoms with E-state index >= 15 is 0 Å². The molecule has 0 aromatic carbocycles. The van der Waals surface area contributed by atoms with Crippen LogP contribution in [0.25, 0.3) is 0 Å². The van der Waals surface area contributed by atoms with Crippen molar-refractivity contribution in [2.45, 2.75) is 24.9 Å². The molecule has 1 saturated heterocycles. The van der Waals surface area contributed by atoms with Gasteiger partial charge in [-0.1, -0.05) is 6.08 Å². The van der Waals surface area contributed by atoms with Gasteiger partial charge >= 0.3 is 5.97 Å². The molecule has 1 aliphatic rings. The fourth-order valence-corrected chi connectivity index (χ4v) is 1.29. The van der Waals surface area contributed by atoms with Gasteiger partial charge in [0.05, 0.1) is 7.11 Å². The van der Waals surface area contributed by atoms with Crippen LogP contribution in [0, 0.1) is 0 Å². The van der Waals surface area contributed by atoms with Gasteiger partial charge in [-0.3, -0.25) is 10.1 Å². The molecular formula is C8H13NO2. The molecule has 0 spiro atoms. The number of rotatable bonds is 2. The summed E-state index contributed by atoms with van der Waals surface area (Å²) in [5.74, 6) is -0.172. The van der Waals surface area contributed by atoms with Crippen LogP contribution in [0.5, 0.6) is 0 Å². The molecule has 1 unspecified atom stereocenters. The quantitative estimate of drug-likeness (QED) is 0.465. The highest BCUT2D eigenvalue weighted by Crippen LogP contribution is 2.13. The monoisotopic (exact) mass is 155 g/mol. The number of hydrogen-bond donors (Lipinski definition) is 1. The SMILES string of the molecule is C=CC1CC[C@@H](C(=O)OC)N1. The van der Waals surface area contributed by atoms with Crippen LogP contribution in [-0.4, -0.2) is 25.2 Å². The van der Waals surface area contributed by atoms with E-state index in [4.69, 9.17) is 0 Å². The van der Waals surface area contributed by atoms with Crippen LogP contribution < -0.4 is 5.32 Å². The Hall–Kier alpha value is -0.830. The second-order valence-corrected chi connectivity index (χ2v) is 2.66. The van der Waals surface area contributed by atoms with Crippen molar-refractivity contribution in [3.8, 4) is 0 Å². The summed E-state index contributed by atoms with van der Waals surface area (Å²) in [7, 11) is 1.41. The van der Waals surface area contributed by atoms with E-state index in [9.17, 15) is 4.79 Å². The first-order chi connectivity index (χ1) is 5.27. The number of methoxy groups -OCH3 is 1. The zero-order chi connectivity index (χ0) is 8.27. The van der Waals surface area contributed by atoms with Crippen molar-refractivity contribution in [3.63, 3.8) is 0 Å². The number of ether oxygens (including phenoxy) is 1. The van der Waals surface area contributed by atoms with Crippen molar-refractivity contribution in [2.24, 2.45) is 0 Å². The largest absolute Gasteiger partial charge is 0.468 e. The molecule has 0 saturated carbocycles. The third-order valence-corrected chi connectivity index (χ3v) is 1.95. The number of carbonyl (C=O) groups is 1. The predicted molar refractivity (Wildman–Crippen MR) is 42.2 cm³/mol. The Labute approximate surface area is 66.4 Å². The number of nitrogens with one attached hydrogen (secondary N) is 1. The molecule has 0 aromatic heterocycles. The van der Waals surface area contributed by atoms with Gasteiger partial charge in [-0.2, -0.15) is 0 Å². The van der Waals surface area contributed by atoms with Crippen LogP contribution in [0.4, 0.5) is 0 Å². The molecule has 1 heterocycles. The standard InChI is InChI=1S/C8H13NO2/c1-3-6-4-5-7(9-6)8(10)11-2/h3,6-7,9H,1,4-5H2,2H3/t6?,7-/m0/s1. The lowest BCUT2D eigenvalue weighted by atomic mass is 10.2. The summed E-state index contributed by atoms with van der Waals surface area (Å²) in [4.78, 5) is 11.0. The maximum Gasteiger partial charge on any atom is 0.322 e. The molecule has 2 atom stereocenters. The second kappa shape index (κ2) is 3.53. The van der Waals surface area contributed by atoms with E-state index in [1.165, 1.54) is 7.11 Å². The van der Waals surface area contributed by atoms with E-state index in [-0.39, 0.29) is 18.1 Å². The zero-order valence-electron chi connectivity index (χ0n) is 6.67. The average Bonchev–Trinajstić information content (AvgIpc) is 2.50. The van der Waals surface area contributed by atoms with Crippen LogP contribution in [-0.2, 0) is 9.53 Å². The number of carbonyl (C=O) groups excluding carboxylic acids is 1. The summed E-state index contributed by atoms with van der Waals surface area (Å²) in [5.41, 5.74) is 0. The first kappa shape index (κ1) is 8.27. The number of esters is 1. The van der Waals surface area contributed by atoms with Crippen LogP contribution in [0.2, 0.25) is 0 Å². The van der Waals surface area contributed by atoms with Crippen LogP contribution in [0.15, 0.2) is 12.7 Å². The molecule has 11 heavy (non-hydrogen) atoms. The minimum atomic E-state index is -0.172. The summed E-state index contributed by atoms with van der Waals surface area (Å²) >= 11 is 0. The van der Waals surface area contributed by atoms with E-state index in [0.717, 1.165) is 12.8 Å². The highest BCUT2D eigenvalue weighted by atomic mass is 16.5. The molecule has 1 fully saturated rings. The summed E-state index contributed by atoms with van der Waals surface area (Å²) < 4.78 is 4.59. The van der Waals surface area contributed by atoms with Gasteiger partial charge in [0.2, 0.25) is 0 Å². The van der Waals surface area contributed by atoms with Crippen LogP contribution in [0.1, 0.15) is 12.8 Å². The zero-order valence-corrected chi connectivity index (χ0v) is 6.67. The van der Waals surface area contributed by atoms with Crippen LogP contribution in [0.3, 0.4) is 0 Å². The van der Waals surface area contributed by atoms with Gasteiger partial charge in [0.25, 0.3) is 0 Å². The van der Waals surface area contributed by atoms with Gasteiger partial charge in [0.15, 0.2) is 0 Å². The molecule has 3 nitrogen and oxygen atoms in total. The van der Waals surface area contributed by atoms with Crippen molar-refractivity contribution in [1.29, 1.82) is 0 Å². The molecule has 3 heteroatoms. The first-order valence-electron chi connectivity index (χ1n) is 3.74. The van der Waals surface area contributed by atoms with E-state index in [1.54, 1.807) is 0 Å². The highest BCUT2D eigenvalue weighted by molar-refractivity contribution is 5.76. The van der Waals surface area contributed by atoms with Gasteiger partial charge in [0.1, 0.15) is 6.04 Å². The third kappa shape index (κ3) is 1.80. The fraction of sp³-hybridized carbons (Fsp3) is 0.625. The molecule has 1 rings (SSSR count). The lowest BCUT2D eigenvalue weighted by Crippen LogP contribution is -2.35. The summed E-state index contributed by atoms with van der Waals surface area (Å²) in [6.45, 7) is 3.65. The smallest absolute Gasteiger partial charge is 0.322 e. The Balaban J connectivity index is 2.41. The van der Waals surface area contributed by atoms with E-state index in [0.29, 0.717) is 0 Å². The normalized spacial score (nSPS) is 29.9.